The van der Waals surface area contributed by atoms with Gasteiger partial charge in [0, 0.05) is 44.6 Å². The van der Waals surface area contributed by atoms with Crippen molar-refractivity contribution in [3.63, 3.8) is 0 Å². The maximum atomic E-state index is 12.1. The Morgan fingerprint density at radius 2 is 1.85 bits per heavy atom. The van der Waals surface area contributed by atoms with Crippen molar-refractivity contribution in [2.24, 2.45) is 4.99 Å². The van der Waals surface area contributed by atoms with E-state index in [1.165, 1.54) is 6.26 Å². The van der Waals surface area contributed by atoms with Crippen LogP contribution in [0.1, 0.15) is 23.0 Å². The minimum absolute atomic E-state index is 0. The zero-order valence-electron chi connectivity index (χ0n) is 18.6. The molecule has 0 aliphatic carbocycles. The lowest BCUT2D eigenvalue weighted by atomic mass is 10.2. The van der Waals surface area contributed by atoms with Gasteiger partial charge in [0.1, 0.15) is 5.82 Å². The molecule has 0 atom stereocenters. The summed E-state index contributed by atoms with van der Waals surface area (Å²) in [4.78, 5) is 26.0. The van der Waals surface area contributed by atoms with E-state index in [1.54, 1.807) is 12.1 Å². The molecule has 0 unspecified atom stereocenters. The van der Waals surface area contributed by atoms with Gasteiger partial charge in [-0.25, -0.2) is 9.98 Å². The van der Waals surface area contributed by atoms with Gasteiger partial charge in [-0.3, -0.25) is 4.79 Å². The van der Waals surface area contributed by atoms with Gasteiger partial charge in [0.2, 0.25) is 0 Å². The second-order valence-electron chi connectivity index (χ2n) is 7.46. The molecule has 0 saturated carbocycles. The summed E-state index contributed by atoms with van der Waals surface area (Å²) < 4.78 is 5.12. The molecule has 3 aromatic rings. The number of halogens is 1. The van der Waals surface area contributed by atoms with Gasteiger partial charge in [-0.1, -0.05) is 18.2 Å². The van der Waals surface area contributed by atoms with Crippen LogP contribution in [0.25, 0.3) is 0 Å². The van der Waals surface area contributed by atoms with Gasteiger partial charge in [0.25, 0.3) is 5.91 Å². The van der Waals surface area contributed by atoms with Crippen molar-refractivity contribution in [2.45, 2.75) is 13.5 Å². The maximum absolute atomic E-state index is 12.1. The molecule has 8 nitrogen and oxygen atoms in total. The van der Waals surface area contributed by atoms with E-state index in [1.807, 2.05) is 42.6 Å². The van der Waals surface area contributed by atoms with Crippen LogP contribution < -0.4 is 15.5 Å². The third-order valence-electron chi connectivity index (χ3n) is 5.26. The Morgan fingerprint density at radius 3 is 2.48 bits per heavy atom. The Morgan fingerprint density at radius 1 is 1.06 bits per heavy atom. The number of amides is 1. The first-order chi connectivity index (χ1) is 15.7. The van der Waals surface area contributed by atoms with Crippen molar-refractivity contribution in [3.05, 3.63) is 78.4 Å². The van der Waals surface area contributed by atoms with E-state index in [0.717, 1.165) is 55.8 Å². The molecule has 1 aliphatic rings. The van der Waals surface area contributed by atoms with E-state index in [4.69, 9.17) is 9.41 Å². The summed E-state index contributed by atoms with van der Waals surface area (Å²) in [7, 11) is 0. The monoisotopic (exact) mass is 560 g/mol. The Kier molecular flexibility index (Phi) is 9.11. The van der Waals surface area contributed by atoms with Crippen LogP contribution in [0.3, 0.4) is 0 Å². The number of guanidine groups is 1. The number of carbonyl (C=O) groups is 1. The van der Waals surface area contributed by atoms with Crippen molar-refractivity contribution in [3.8, 4) is 0 Å². The van der Waals surface area contributed by atoms with Crippen LogP contribution in [0.4, 0.5) is 11.5 Å². The third-order valence-corrected chi connectivity index (χ3v) is 5.26. The van der Waals surface area contributed by atoms with Gasteiger partial charge < -0.3 is 24.9 Å². The quantitative estimate of drug-likeness (QED) is 0.271. The van der Waals surface area contributed by atoms with Gasteiger partial charge in [-0.15, -0.1) is 24.0 Å². The molecule has 1 fully saturated rings. The maximum Gasteiger partial charge on any atom is 0.291 e. The van der Waals surface area contributed by atoms with Crippen molar-refractivity contribution < 1.29 is 9.21 Å². The van der Waals surface area contributed by atoms with Crippen LogP contribution in [0.5, 0.6) is 0 Å². The largest absolute Gasteiger partial charge is 0.459 e. The van der Waals surface area contributed by atoms with E-state index < -0.39 is 0 Å². The Hall–Kier alpha value is -3.08. The SMILES string of the molecule is CCNC(=NCc1ccc(NC(=O)c2ccco2)cc1)N1CCN(c2ccccn2)CC1.I. The van der Waals surface area contributed by atoms with Crippen molar-refractivity contribution in [1.82, 2.24) is 15.2 Å². The average Bonchev–Trinajstić information content (AvgIpc) is 3.39. The fraction of sp³-hybridized carbons (Fsp3) is 0.292. The number of hydrogen-bond acceptors (Lipinski definition) is 5. The van der Waals surface area contributed by atoms with Gasteiger partial charge in [0.15, 0.2) is 11.7 Å². The van der Waals surface area contributed by atoms with E-state index >= 15 is 0 Å². The first kappa shape index (κ1) is 24.6. The standard InChI is InChI=1S/C24H28N6O2.HI/c1-2-25-24(30-15-13-29(14-16-30)22-7-3-4-12-26-22)27-18-19-8-10-20(11-9-19)28-23(31)21-6-5-17-32-21;/h3-12,17H,2,13-16,18H2,1H3,(H,25,27)(H,28,31);1H. The molecule has 2 aromatic heterocycles. The molecule has 3 heterocycles. The number of nitrogens with one attached hydrogen (secondary N) is 2. The number of pyridine rings is 1. The van der Waals surface area contributed by atoms with Crippen molar-refractivity contribution in [2.75, 3.05) is 42.9 Å². The summed E-state index contributed by atoms with van der Waals surface area (Å²) in [5.41, 5.74) is 1.79. The molecule has 0 spiro atoms. The molecule has 1 aromatic carbocycles. The molecule has 2 N–H and O–H groups in total. The van der Waals surface area contributed by atoms with Crippen LogP contribution in [-0.4, -0.2) is 54.5 Å². The summed E-state index contributed by atoms with van der Waals surface area (Å²) >= 11 is 0. The number of carbonyl (C=O) groups excluding carboxylic acids is 1. The summed E-state index contributed by atoms with van der Waals surface area (Å²) in [6.45, 7) is 7.06. The second-order valence-corrected chi connectivity index (χ2v) is 7.46. The van der Waals surface area contributed by atoms with Crippen LogP contribution in [0, 0.1) is 0 Å². The van der Waals surface area contributed by atoms with Crippen molar-refractivity contribution >= 4 is 47.3 Å². The molecule has 0 bridgehead atoms. The van der Waals surface area contributed by atoms with Gasteiger partial charge in [0.05, 0.1) is 12.8 Å². The van der Waals surface area contributed by atoms with Gasteiger partial charge >= 0.3 is 0 Å². The topological polar surface area (TPSA) is 86.0 Å². The number of benzene rings is 1. The van der Waals surface area contributed by atoms with E-state index in [2.05, 4.69) is 38.4 Å². The highest BCUT2D eigenvalue weighted by Gasteiger charge is 2.20. The predicted octanol–water partition coefficient (Wildman–Crippen LogP) is 3.83. The molecule has 9 heteroatoms. The first-order valence-corrected chi connectivity index (χ1v) is 10.9. The van der Waals surface area contributed by atoms with E-state index in [9.17, 15) is 4.79 Å². The number of nitrogens with zero attached hydrogens (tertiary/aromatic N) is 4. The summed E-state index contributed by atoms with van der Waals surface area (Å²) in [6.07, 6.45) is 3.32. The number of furan rings is 1. The molecule has 1 saturated heterocycles. The number of aromatic nitrogens is 1. The third kappa shape index (κ3) is 6.70. The smallest absolute Gasteiger partial charge is 0.291 e. The molecule has 174 valence electrons. The molecule has 0 radical (unpaired) electrons. The Bertz CT molecular complexity index is 1020. The molecule has 33 heavy (non-hydrogen) atoms. The lowest BCUT2D eigenvalue weighted by molar-refractivity contribution is 0.0996. The Labute approximate surface area is 211 Å². The Balaban J connectivity index is 0.00000306. The zero-order chi connectivity index (χ0) is 22.2. The molecule has 4 rings (SSSR count). The lowest BCUT2D eigenvalue weighted by Gasteiger charge is -2.37. The predicted molar refractivity (Wildman–Crippen MR) is 141 cm³/mol. The normalized spacial score (nSPS) is 13.9. The molecular formula is C24H29IN6O2. The number of piperazine rings is 1. The van der Waals surface area contributed by atoms with Crippen LogP contribution in [0.15, 0.2) is 76.5 Å². The molecular weight excluding hydrogens is 531 g/mol. The van der Waals surface area contributed by atoms with E-state index in [0.29, 0.717) is 6.54 Å². The minimum atomic E-state index is -0.264. The summed E-state index contributed by atoms with van der Waals surface area (Å²) in [5, 5.41) is 6.23. The number of aliphatic imine (C=N–C) groups is 1. The average molecular weight is 560 g/mol. The second kappa shape index (κ2) is 12.2. The highest BCUT2D eigenvalue weighted by atomic mass is 127. The molecule has 1 aliphatic heterocycles. The minimum Gasteiger partial charge on any atom is -0.459 e. The first-order valence-electron chi connectivity index (χ1n) is 10.9. The summed E-state index contributed by atoms with van der Waals surface area (Å²) in [6, 6.07) is 17.0. The fourth-order valence-corrected chi connectivity index (χ4v) is 3.57. The van der Waals surface area contributed by atoms with Crippen molar-refractivity contribution in [1.29, 1.82) is 0 Å². The van der Waals surface area contributed by atoms with E-state index in [-0.39, 0.29) is 35.6 Å². The molecule has 1 amide bonds. The van der Waals surface area contributed by atoms with Gasteiger partial charge in [-0.2, -0.15) is 0 Å². The van der Waals surface area contributed by atoms with Crippen LogP contribution in [0.2, 0.25) is 0 Å². The highest BCUT2D eigenvalue weighted by molar-refractivity contribution is 14.0. The lowest BCUT2D eigenvalue weighted by Crippen LogP contribution is -2.52. The highest BCUT2D eigenvalue weighted by Crippen LogP contribution is 2.14. The van der Waals surface area contributed by atoms with Crippen LogP contribution in [-0.2, 0) is 6.54 Å². The fourth-order valence-electron chi connectivity index (χ4n) is 3.57. The van der Waals surface area contributed by atoms with Gasteiger partial charge in [-0.05, 0) is 48.9 Å². The zero-order valence-corrected chi connectivity index (χ0v) is 20.9. The van der Waals surface area contributed by atoms with Crippen LogP contribution >= 0.6 is 24.0 Å². The summed E-state index contributed by atoms with van der Waals surface area (Å²) in [5.74, 6) is 1.97. The number of rotatable bonds is 6. The number of anilines is 2. The number of hydrogen-bond donors (Lipinski definition) is 2.